The van der Waals surface area contributed by atoms with Gasteiger partial charge in [0.2, 0.25) is 5.91 Å². The molecule has 1 aromatic rings. The molecule has 1 saturated heterocycles. The highest BCUT2D eigenvalue weighted by Gasteiger charge is 2.40. The van der Waals surface area contributed by atoms with Crippen LogP contribution in [0.25, 0.3) is 0 Å². The van der Waals surface area contributed by atoms with Crippen molar-refractivity contribution in [3.8, 4) is 0 Å². The number of thioether (sulfide) groups is 1. The average molecular weight is 388 g/mol. The molecule has 0 aliphatic carbocycles. The maximum Gasteiger partial charge on any atom is 0.275 e. The van der Waals surface area contributed by atoms with Gasteiger partial charge in [0.25, 0.3) is 5.69 Å². The zero-order valence-corrected chi connectivity index (χ0v) is 16.5. The molecular formula is C17H26ClN3O3S. The van der Waals surface area contributed by atoms with Gasteiger partial charge in [-0.2, -0.15) is 0 Å². The lowest BCUT2D eigenvalue weighted by Gasteiger charge is -2.25. The highest BCUT2D eigenvalue weighted by molar-refractivity contribution is 8.01. The fraction of sp³-hybridized carbons (Fsp3) is 0.588. The molecule has 1 heterocycles. The smallest absolute Gasteiger partial charge is 0.275 e. The van der Waals surface area contributed by atoms with Gasteiger partial charge in [-0.15, -0.1) is 24.2 Å². The summed E-state index contributed by atoms with van der Waals surface area (Å²) < 4.78 is 0. The van der Waals surface area contributed by atoms with E-state index in [0.29, 0.717) is 12.1 Å². The molecular weight excluding hydrogens is 362 g/mol. The summed E-state index contributed by atoms with van der Waals surface area (Å²) in [6.07, 6.45) is 0.873. The van der Waals surface area contributed by atoms with E-state index in [-0.39, 0.29) is 39.5 Å². The molecule has 1 aliphatic heterocycles. The minimum absolute atomic E-state index is 0. The van der Waals surface area contributed by atoms with Crippen LogP contribution >= 0.6 is 24.2 Å². The number of nitrogens with zero attached hydrogens (tertiary/aromatic N) is 3. The second kappa shape index (κ2) is 9.99. The van der Waals surface area contributed by atoms with Crippen LogP contribution in [0.5, 0.6) is 0 Å². The van der Waals surface area contributed by atoms with Crippen LogP contribution in [0.15, 0.2) is 24.3 Å². The molecule has 2 atom stereocenters. The minimum Gasteiger partial charge on any atom is -0.325 e. The maximum absolute atomic E-state index is 12.5. The van der Waals surface area contributed by atoms with Crippen LogP contribution in [-0.4, -0.2) is 52.1 Å². The zero-order chi connectivity index (χ0) is 17.7. The van der Waals surface area contributed by atoms with Crippen molar-refractivity contribution in [3.05, 3.63) is 39.9 Å². The van der Waals surface area contributed by atoms with Crippen molar-refractivity contribution in [1.82, 2.24) is 9.80 Å². The summed E-state index contributed by atoms with van der Waals surface area (Å²) in [6.45, 7) is 9.66. The van der Waals surface area contributed by atoms with Gasteiger partial charge in [-0.05, 0) is 39.0 Å². The van der Waals surface area contributed by atoms with Gasteiger partial charge in [-0.3, -0.25) is 14.9 Å². The Morgan fingerprint density at radius 3 is 2.52 bits per heavy atom. The van der Waals surface area contributed by atoms with Crippen molar-refractivity contribution < 1.29 is 9.72 Å². The molecule has 1 aliphatic rings. The first-order valence-corrected chi connectivity index (χ1v) is 9.35. The molecule has 1 aromatic carbocycles. The van der Waals surface area contributed by atoms with Crippen LogP contribution in [-0.2, 0) is 4.79 Å². The summed E-state index contributed by atoms with van der Waals surface area (Å²) in [5, 5.41) is 10.9. The molecule has 0 spiro atoms. The normalized spacial score (nSPS) is 20.0. The molecule has 8 heteroatoms. The third-order valence-corrected chi connectivity index (χ3v) is 5.79. The van der Waals surface area contributed by atoms with Crippen LogP contribution in [0, 0.1) is 10.1 Å². The summed E-state index contributed by atoms with van der Waals surface area (Å²) in [4.78, 5) is 27.6. The number of carbonyl (C=O) groups excluding carboxylic acids is 1. The molecule has 0 N–H and O–H groups in total. The minimum atomic E-state index is -0.364. The lowest BCUT2D eigenvalue weighted by Crippen LogP contribution is -2.34. The largest absolute Gasteiger partial charge is 0.325 e. The number of rotatable bonds is 8. The Hall–Kier alpha value is -1.31. The van der Waals surface area contributed by atoms with Gasteiger partial charge in [-0.25, -0.2) is 0 Å². The van der Waals surface area contributed by atoms with E-state index in [9.17, 15) is 14.9 Å². The van der Waals surface area contributed by atoms with E-state index in [4.69, 9.17) is 0 Å². The molecule has 1 amide bonds. The number of amides is 1. The van der Waals surface area contributed by atoms with Gasteiger partial charge in [0.15, 0.2) is 0 Å². The van der Waals surface area contributed by atoms with E-state index in [1.54, 1.807) is 23.1 Å². The van der Waals surface area contributed by atoms with Crippen LogP contribution < -0.4 is 0 Å². The predicted molar refractivity (Wildman–Crippen MR) is 104 cm³/mol. The highest BCUT2D eigenvalue weighted by atomic mass is 35.5. The molecule has 2 rings (SSSR count). The Bertz CT molecular complexity index is 598. The Morgan fingerprint density at radius 1 is 1.28 bits per heavy atom. The van der Waals surface area contributed by atoms with E-state index in [1.165, 1.54) is 17.8 Å². The van der Waals surface area contributed by atoms with Gasteiger partial charge < -0.3 is 9.80 Å². The van der Waals surface area contributed by atoms with Gasteiger partial charge in [-0.1, -0.05) is 26.0 Å². The second-order valence-corrected chi connectivity index (χ2v) is 7.28. The zero-order valence-electron chi connectivity index (χ0n) is 14.9. The number of para-hydroxylation sites is 1. The van der Waals surface area contributed by atoms with E-state index in [1.807, 2.05) is 6.92 Å². The van der Waals surface area contributed by atoms with Crippen LogP contribution in [0.2, 0.25) is 0 Å². The molecule has 2 unspecified atom stereocenters. The van der Waals surface area contributed by atoms with E-state index in [0.717, 1.165) is 26.1 Å². The van der Waals surface area contributed by atoms with Crippen molar-refractivity contribution in [3.63, 3.8) is 0 Å². The molecule has 0 aromatic heterocycles. The molecule has 1 fully saturated rings. The van der Waals surface area contributed by atoms with Crippen LogP contribution in [0.1, 0.15) is 38.1 Å². The Morgan fingerprint density at radius 2 is 1.92 bits per heavy atom. The number of hydrogen-bond donors (Lipinski definition) is 0. The molecule has 6 nitrogen and oxygen atoms in total. The average Bonchev–Trinajstić information content (AvgIpc) is 2.86. The first kappa shape index (κ1) is 21.7. The fourth-order valence-corrected chi connectivity index (χ4v) is 4.35. The summed E-state index contributed by atoms with van der Waals surface area (Å²) in [5.41, 5.74) is 0.707. The van der Waals surface area contributed by atoms with Gasteiger partial charge in [0, 0.05) is 12.6 Å². The van der Waals surface area contributed by atoms with Gasteiger partial charge >= 0.3 is 0 Å². The Kier molecular flexibility index (Phi) is 8.68. The van der Waals surface area contributed by atoms with Crippen molar-refractivity contribution in [2.75, 3.05) is 26.2 Å². The van der Waals surface area contributed by atoms with Gasteiger partial charge in [0.05, 0.1) is 15.7 Å². The molecule has 25 heavy (non-hydrogen) atoms. The monoisotopic (exact) mass is 387 g/mol. The third kappa shape index (κ3) is 5.09. The predicted octanol–water partition coefficient (Wildman–Crippen LogP) is 3.71. The second-order valence-electron chi connectivity index (χ2n) is 5.86. The number of nitro benzene ring substituents is 1. The quantitative estimate of drug-likeness (QED) is 0.502. The lowest BCUT2D eigenvalue weighted by molar-refractivity contribution is -0.385. The van der Waals surface area contributed by atoms with Crippen LogP contribution in [0.4, 0.5) is 5.69 Å². The molecule has 0 saturated carbocycles. The lowest BCUT2D eigenvalue weighted by atomic mass is 10.1. The summed E-state index contributed by atoms with van der Waals surface area (Å²) in [5.74, 6) is 0.0719. The third-order valence-electron chi connectivity index (χ3n) is 4.41. The van der Waals surface area contributed by atoms with E-state index in [2.05, 4.69) is 18.7 Å². The number of halogens is 1. The van der Waals surface area contributed by atoms with Gasteiger partial charge in [0.1, 0.15) is 5.37 Å². The first-order valence-electron chi connectivity index (χ1n) is 8.41. The molecule has 0 radical (unpaired) electrons. The summed E-state index contributed by atoms with van der Waals surface area (Å²) in [7, 11) is 0. The molecule has 140 valence electrons. The Labute approximate surface area is 159 Å². The molecule has 0 bridgehead atoms. The highest BCUT2D eigenvalue weighted by Crippen LogP contribution is 2.45. The van der Waals surface area contributed by atoms with Crippen LogP contribution in [0.3, 0.4) is 0 Å². The standard InChI is InChI=1S/C17H25N3O3S.ClH/c1-4-18(5-2)11-8-12-19-16(21)13(3)24-17(19)14-9-6-7-10-15(14)20(22)23;/h6-7,9-10,13,17H,4-5,8,11-12H2,1-3H3;1H. The fourth-order valence-electron chi connectivity index (χ4n) is 3.01. The number of nitro groups is 1. The van der Waals surface area contributed by atoms with E-state index < -0.39 is 0 Å². The SMILES string of the molecule is CCN(CC)CCCN1C(=O)C(C)SC1c1ccccc1[N+](=O)[O-].Cl. The topological polar surface area (TPSA) is 66.7 Å². The number of hydrogen-bond acceptors (Lipinski definition) is 5. The maximum atomic E-state index is 12.5. The van der Waals surface area contributed by atoms with E-state index >= 15 is 0 Å². The number of benzene rings is 1. The first-order chi connectivity index (χ1) is 11.5. The summed E-state index contributed by atoms with van der Waals surface area (Å²) >= 11 is 1.50. The van der Waals surface area contributed by atoms with Crippen molar-refractivity contribution in [1.29, 1.82) is 0 Å². The number of carbonyl (C=O) groups is 1. The summed E-state index contributed by atoms with van der Waals surface area (Å²) in [6, 6.07) is 6.73. The van der Waals surface area contributed by atoms with Crippen molar-refractivity contribution in [2.24, 2.45) is 0 Å². The van der Waals surface area contributed by atoms with Crippen molar-refractivity contribution >= 4 is 35.8 Å². The van der Waals surface area contributed by atoms with Crippen molar-refractivity contribution in [2.45, 2.75) is 37.8 Å². The Balaban J connectivity index is 0.00000312.